The van der Waals surface area contributed by atoms with E-state index in [0.717, 1.165) is 16.8 Å². The van der Waals surface area contributed by atoms with Crippen LogP contribution in [0.5, 0.6) is 0 Å². The molecule has 1 unspecified atom stereocenters. The fraction of sp³-hybridized carbons (Fsp3) is 0.400. The Labute approximate surface area is 78.3 Å². The molecule has 13 heavy (non-hydrogen) atoms. The molecule has 0 bridgehead atoms. The molecule has 1 atom stereocenters. The molecule has 1 aromatic carbocycles. The number of aliphatic hydroxyl groups excluding tert-OH is 1. The van der Waals surface area contributed by atoms with Gasteiger partial charge in [-0.05, 0) is 24.6 Å². The summed E-state index contributed by atoms with van der Waals surface area (Å²) in [5.41, 5.74) is 2.84. The molecule has 3 heteroatoms. The first-order valence-corrected chi connectivity index (χ1v) is 4.17. The third-order valence-electron chi connectivity index (χ3n) is 1.90. The fourth-order valence-corrected chi connectivity index (χ4v) is 1.24. The number of anilines is 1. The van der Waals surface area contributed by atoms with Crippen LogP contribution in [0, 0.1) is 6.92 Å². The van der Waals surface area contributed by atoms with Gasteiger partial charge in [-0.1, -0.05) is 6.07 Å². The van der Waals surface area contributed by atoms with Gasteiger partial charge in [0.15, 0.2) is 6.29 Å². The van der Waals surface area contributed by atoms with E-state index in [1.54, 1.807) is 0 Å². The summed E-state index contributed by atoms with van der Waals surface area (Å²) in [5.74, 6) is 0. The Balaban J connectivity index is 3.01. The van der Waals surface area contributed by atoms with E-state index >= 15 is 0 Å². The molecule has 0 heterocycles. The zero-order valence-corrected chi connectivity index (χ0v) is 8.16. The van der Waals surface area contributed by atoms with E-state index in [1.807, 2.05) is 32.2 Å². The number of hydrogen-bond donors (Lipinski definition) is 2. The first kappa shape index (κ1) is 10.0. The van der Waals surface area contributed by atoms with Crippen molar-refractivity contribution in [1.82, 2.24) is 0 Å². The number of methoxy groups -OCH3 is 1. The van der Waals surface area contributed by atoms with Gasteiger partial charge in [-0.15, -0.1) is 0 Å². The second-order valence-electron chi connectivity index (χ2n) is 2.97. The molecule has 0 aromatic heterocycles. The highest BCUT2D eigenvalue weighted by Crippen LogP contribution is 2.20. The molecule has 0 fully saturated rings. The third kappa shape index (κ3) is 2.44. The molecular weight excluding hydrogens is 166 g/mol. The largest absolute Gasteiger partial charge is 0.388 e. The summed E-state index contributed by atoms with van der Waals surface area (Å²) < 4.78 is 4.82. The van der Waals surface area contributed by atoms with Crippen molar-refractivity contribution in [3.05, 3.63) is 29.3 Å². The highest BCUT2D eigenvalue weighted by molar-refractivity contribution is 5.48. The summed E-state index contributed by atoms with van der Waals surface area (Å²) in [5, 5.41) is 12.4. The number of hydrogen-bond acceptors (Lipinski definition) is 3. The lowest BCUT2D eigenvalue weighted by Crippen LogP contribution is -2.01. The van der Waals surface area contributed by atoms with E-state index < -0.39 is 6.29 Å². The molecule has 0 aliphatic rings. The molecule has 0 radical (unpaired) electrons. The fourth-order valence-electron chi connectivity index (χ4n) is 1.24. The van der Waals surface area contributed by atoms with Crippen LogP contribution in [0.25, 0.3) is 0 Å². The average molecular weight is 181 g/mol. The minimum absolute atomic E-state index is 0.770. The Morgan fingerprint density at radius 1 is 1.38 bits per heavy atom. The Bertz CT molecular complexity index is 286. The topological polar surface area (TPSA) is 41.5 Å². The maximum absolute atomic E-state index is 9.42. The predicted molar refractivity (Wildman–Crippen MR) is 52.7 cm³/mol. The van der Waals surface area contributed by atoms with Crippen LogP contribution in [-0.4, -0.2) is 19.3 Å². The number of aliphatic hydroxyl groups is 1. The first-order chi connectivity index (χ1) is 6.17. The van der Waals surface area contributed by atoms with Crippen LogP contribution in [0.3, 0.4) is 0 Å². The van der Waals surface area contributed by atoms with Gasteiger partial charge < -0.3 is 15.2 Å². The minimum atomic E-state index is -0.841. The zero-order valence-electron chi connectivity index (χ0n) is 8.16. The van der Waals surface area contributed by atoms with Gasteiger partial charge in [0.25, 0.3) is 0 Å². The number of aryl methyl sites for hydroxylation is 1. The standard InChI is InChI=1S/C10H15NO2/c1-7-4-8(10(12)13-3)6-9(5-7)11-2/h4-6,10-12H,1-3H3. The number of benzene rings is 1. The van der Waals surface area contributed by atoms with Gasteiger partial charge in [-0.3, -0.25) is 0 Å². The van der Waals surface area contributed by atoms with Crippen molar-refractivity contribution in [1.29, 1.82) is 0 Å². The number of ether oxygens (including phenoxy) is 1. The smallest absolute Gasteiger partial charge is 0.180 e. The third-order valence-corrected chi connectivity index (χ3v) is 1.90. The van der Waals surface area contributed by atoms with Gasteiger partial charge in [0.1, 0.15) is 0 Å². The molecule has 1 rings (SSSR count). The highest BCUT2D eigenvalue weighted by Gasteiger charge is 2.06. The van der Waals surface area contributed by atoms with Gasteiger partial charge in [0, 0.05) is 25.4 Å². The minimum Gasteiger partial charge on any atom is -0.388 e. The molecule has 3 nitrogen and oxygen atoms in total. The lowest BCUT2D eigenvalue weighted by Gasteiger charge is -2.11. The second kappa shape index (κ2) is 4.25. The normalized spacial score (nSPS) is 12.6. The van der Waals surface area contributed by atoms with Crippen LogP contribution in [0.2, 0.25) is 0 Å². The maximum Gasteiger partial charge on any atom is 0.180 e. The van der Waals surface area contributed by atoms with Gasteiger partial charge in [-0.2, -0.15) is 0 Å². The van der Waals surface area contributed by atoms with E-state index in [4.69, 9.17) is 4.74 Å². The molecule has 0 aliphatic carbocycles. The van der Waals surface area contributed by atoms with Crippen molar-refractivity contribution in [2.45, 2.75) is 13.2 Å². The van der Waals surface area contributed by atoms with Crippen LogP contribution in [0.4, 0.5) is 5.69 Å². The van der Waals surface area contributed by atoms with Crippen molar-refractivity contribution in [2.24, 2.45) is 0 Å². The van der Waals surface area contributed by atoms with Gasteiger partial charge in [-0.25, -0.2) is 0 Å². The molecular formula is C10H15NO2. The van der Waals surface area contributed by atoms with Crippen molar-refractivity contribution in [3.63, 3.8) is 0 Å². The summed E-state index contributed by atoms with van der Waals surface area (Å²) in [7, 11) is 3.32. The summed E-state index contributed by atoms with van der Waals surface area (Å²) in [6, 6.07) is 5.77. The SMILES string of the molecule is CNc1cc(C)cc(C(O)OC)c1. The molecule has 0 amide bonds. The lowest BCUT2D eigenvalue weighted by molar-refractivity contribution is -0.0769. The first-order valence-electron chi connectivity index (χ1n) is 4.17. The van der Waals surface area contributed by atoms with Crippen molar-refractivity contribution in [2.75, 3.05) is 19.5 Å². The average Bonchev–Trinajstić information content (AvgIpc) is 2.15. The number of rotatable bonds is 3. The zero-order chi connectivity index (χ0) is 9.84. The van der Waals surface area contributed by atoms with Crippen LogP contribution < -0.4 is 5.32 Å². The second-order valence-corrected chi connectivity index (χ2v) is 2.97. The van der Waals surface area contributed by atoms with E-state index in [2.05, 4.69) is 5.32 Å². The molecule has 0 aliphatic heterocycles. The van der Waals surface area contributed by atoms with Crippen LogP contribution in [-0.2, 0) is 4.74 Å². The summed E-state index contributed by atoms with van der Waals surface area (Å²) >= 11 is 0. The number of nitrogens with one attached hydrogen (secondary N) is 1. The summed E-state index contributed by atoms with van der Waals surface area (Å²) in [4.78, 5) is 0. The van der Waals surface area contributed by atoms with Gasteiger partial charge in [0.2, 0.25) is 0 Å². The van der Waals surface area contributed by atoms with Crippen LogP contribution in [0.15, 0.2) is 18.2 Å². The molecule has 72 valence electrons. The summed E-state index contributed by atoms with van der Waals surface area (Å²) in [6.07, 6.45) is -0.841. The van der Waals surface area contributed by atoms with Gasteiger partial charge in [0.05, 0.1) is 0 Å². The predicted octanol–water partition coefficient (Wildman–Crippen LogP) is 1.67. The Morgan fingerprint density at radius 2 is 2.08 bits per heavy atom. The summed E-state index contributed by atoms with van der Waals surface area (Å²) in [6.45, 7) is 1.98. The molecule has 1 aromatic rings. The molecule has 0 saturated carbocycles. The lowest BCUT2D eigenvalue weighted by atomic mass is 10.1. The quantitative estimate of drug-likeness (QED) is 0.697. The van der Waals surface area contributed by atoms with Crippen LogP contribution in [0.1, 0.15) is 17.4 Å². The molecule has 0 saturated heterocycles. The van der Waals surface area contributed by atoms with Gasteiger partial charge >= 0.3 is 0 Å². The van der Waals surface area contributed by atoms with E-state index in [-0.39, 0.29) is 0 Å². The highest BCUT2D eigenvalue weighted by atomic mass is 16.6. The molecule has 2 N–H and O–H groups in total. The monoisotopic (exact) mass is 181 g/mol. The maximum atomic E-state index is 9.42. The van der Waals surface area contributed by atoms with Crippen molar-refractivity contribution >= 4 is 5.69 Å². The Kier molecular flexibility index (Phi) is 3.28. The van der Waals surface area contributed by atoms with Crippen LogP contribution >= 0.6 is 0 Å². The van der Waals surface area contributed by atoms with E-state index in [9.17, 15) is 5.11 Å². The molecule has 0 spiro atoms. The van der Waals surface area contributed by atoms with Crippen molar-refractivity contribution < 1.29 is 9.84 Å². The van der Waals surface area contributed by atoms with E-state index in [1.165, 1.54) is 7.11 Å². The Hall–Kier alpha value is -1.06. The Morgan fingerprint density at radius 3 is 2.62 bits per heavy atom. The van der Waals surface area contributed by atoms with E-state index in [0.29, 0.717) is 0 Å². The van der Waals surface area contributed by atoms with Crippen molar-refractivity contribution in [3.8, 4) is 0 Å².